The molecule has 4 fully saturated rings. The number of ketones is 1. The maximum Gasteiger partial charge on any atom is 0.167 e. The van der Waals surface area contributed by atoms with Crippen LogP contribution in [0.1, 0.15) is 71.6 Å². The minimum absolute atomic E-state index is 0.0139. The molecule has 4 aliphatic carbocycles. The van der Waals surface area contributed by atoms with Crippen molar-refractivity contribution in [2.24, 2.45) is 41.5 Å². The van der Waals surface area contributed by atoms with Gasteiger partial charge >= 0.3 is 0 Å². The summed E-state index contributed by atoms with van der Waals surface area (Å²) in [7, 11) is 2.03. The van der Waals surface area contributed by atoms with E-state index in [0.717, 1.165) is 61.3 Å². The lowest BCUT2D eigenvalue weighted by molar-refractivity contribution is -0.152. The van der Waals surface area contributed by atoms with Crippen molar-refractivity contribution in [1.29, 1.82) is 0 Å². The highest BCUT2D eigenvalue weighted by molar-refractivity contribution is 7.99. The fourth-order valence-corrected chi connectivity index (χ4v) is 9.31. The summed E-state index contributed by atoms with van der Waals surface area (Å²) >= 11 is 1.72. The summed E-state index contributed by atoms with van der Waals surface area (Å²) in [5.74, 6) is 3.95. The number of hydrogen-bond donors (Lipinski definition) is 1. The summed E-state index contributed by atoms with van der Waals surface area (Å²) in [5, 5.41) is 12.9. The van der Waals surface area contributed by atoms with Crippen LogP contribution >= 0.6 is 11.8 Å². The number of thioether (sulfide) groups is 1. The molecule has 1 aromatic heterocycles. The van der Waals surface area contributed by atoms with Crippen LogP contribution in [0.5, 0.6) is 0 Å². The maximum atomic E-state index is 12.1. The molecular weight excluding hydrogens is 380 g/mol. The average molecular weight is 417 g/mol. The Bertz CT molecular complexity index is 809. The van der Waals surface area contributed by atoms with Crippen LogP contribution in [0.4, 0.5) is 0 Å². The number of aryl methyl sites for hydroxylation is 1. The van der Waals surface area contributed by atoms with Gasteiger partial charge < -0.3 is 9.67 Å². The van der Waals surface area contributed by atoms with Gasteiger partial charge in [0, 0.05) is 43.5 Å². The number of fused-ring (bicyclic) bond motifs is 5. The Labute approximate surface area is 179 Å². The average Bonchev–Trinajstić information content (AvgIpc) is 3.22. The quantitative estimate of drug-likeness (QED) is 0.715. The van der Waals surface area contributed by atoms with Crippen LogP contribution in [0.15, 0.2) is 17.6 Å². The third kappa shape index (κ3) is 2.90. The molecule has 0 spiro atoms. The second kappa shape index (κ2) is 6.85. The number of imidazole rings is 1. The van der Waals surface area contributed by atoms with E-state index >= 15 is 0 Å². The van der Waals surface area contributed by atoms with Crippen molar-refractivity contribution in [3.05, 3.63) is 12.4 Å². The molecule has 0 aliphatic heterocycles. The molecule has 5 unspecified atom stereocenters. The summed E-state index contributed by atoms with van der Waals surface area (Å²) in [6.07, 6.45) is 13.5. The molecule has 0 bridgehead atoms. The van der Waals surface area contributed by atoms with E-state index in [2.05, 4.69) is 18.8 Å². The molecule has 4 saturated carbocycles. The maximum absolute atomic E-state index is 12.1. The Morgan fingerprint density at radius 3 is 2.72 bits per heavy atom. The highest BCUT2D eigenvalue weighted by atomic mass is 32.2. The van der Waals surface area contributed by atoms with Gasteiger partial charge in [0.1, 0.15) is 5.78 Å². The van der Waals surface area contributed by atoms with Crippen LogP contribution in [0.3, 0.4) is 0 Å². The molecule has 0 amide bonds. The number of carbonyl (C=O) groups is 1. The lowest BCUT2D eigenvalue weighted by Crippen LogP contribution is -2.57. The number of aromatic nitrogens is 2. The molecule has 0 aromatic carbocycles. The topological polar surface area (TPSA) is 55.1 Å². The van der Waals surface area contributed by atoms with E-state index in [1.807, 2.05) is 24.0 Å². The standard InChI is InChI=1S/C24H36N2O2S/c1-22-9-6-17(27)14-16(22)4-5-18-19(22)7-10-23(2)20(18)8-11-24(23,28)15-29-21-25-12-13-26(21)3/h12-13,16,18-20,28H,4-11,14-15H2,1-3H3/t16?,18?,19?,20?,22-,23-,24?/m0/s1. The van der Waals surface area contributed by atoms with Crippen molar-refractivity contribution >= 4 is 17.5 Å². The predicted octanol–water partition coefficient (Wildman–Crippen LogP) is 4.86. The van der Waals surface area contributed by atoms with Gasteiger partial charge in [0.25, 0.3) is 0 Å². The molecule has 4 nitrogen and oxygen atoms in total. The fourth-order valence-electron chi connectivity index (χ4n) is 8.07. The SMILES string of the molecule is Cn1ccnc1SCC1(O)CCC2C3CCC4CC(=O)CC[C@]4(C)C3CC[C@@]21C. The van der Waals surface area contributed by atoms with E-state index in [9.17, 15) is 9.90 Å². The van der Waals surface area contributed by atoms with Crippen LogP contribution in [-0.4, -0.2) is 31.8 Å². The largest absolute Gasteiger partial charge is 0.388 e. The first kappa shape index (κ1) is 20.1. The van der Waals surface area contributed by atoms with E-state index in [1.54, 1.807) is 11.8 Å². The van der Waals surface area contributed by atoms with Gasteiger partial charge in [-0.1, -0.05) is 25.6 Å². The third-order valence-corrected chi connectivity index (χ3v) is 11.3. The summed E-state index contributed by atoms with van der Waals surface area (Å²) in [5.41, 5.74) is -0.236. The highest BCUT2D eigenvalue weighted by Crippen LogP contribution is 2.68. The second-order valence-electron chi connectivity index (χ2n) is 11.0. The Balaban J connectivity index is 1.36. The van der Waals surface area contributed by atoms with E-state index in [-0.39, 0.29) is 5.41 Å². The van der Waals surface area contributed by atoms with Crippen molar-refractivity contribution in [3.63, 3.8) is 0 Å². The predicted molar refractivity (Wildman–Crippen MR) is 116 cm³/mol. The van der Waals surface area contributed by atoms with Crippen LogP contribution in [-0.2, 0) is 11.8 Å². The zero-order chi connectivity index (χ0) is 20.4. The van der Waals surface area contributed by atoms with Crippen LogP contribution < -0.4 is 0 Å². The Morgan fingerprint density at radius 1 is 1.17 bits per heavy atom. The molecule has 1 N–H and O–H groups in total. The van der Waals surface area contributed by atoms with Gasteiger partial charge in [-0.2, -0.15) is 0 Å². The third-order valence-electron chi connectivity index (χ3n) is 10.0. The highest BCUT2D eigenvalue weighted by Gasteiger charge is 2.64. The first-order chi connectivity index (χ1) is 13.8. The first-order valence-electron chi connectivity index (χ1n) is 11.6. The van der Waals surface area contributed by atoms with Gasteiger partial charge in [-0.3, -0.25) is 4.79 Å². The second-order valence-corrected chi connectivity index (χ2v) is 12.0. The number of carbonyl (C=O) groups excluding carboxylic acids is 1. The minimum atomic E-state index is -0.598. The Morgan fingerprint density at radius 2 is 1.97 bits per heavy atom. The Kier molecular flexibility index (Phi) is 4.75. The van der Waals surface area contributed by atoms with Crippen LogP contribution in [0.25, 0.3) is 0 Å². The van der Waals surface area contributed by atoms with E-state index in [4.69, 9.17) is 0 Å². The molecule has 4 aliphatic rings. The van der Waals surface area contributed by atoms with Crippen molar-refractivity contribution < 1.29 is 9.90 Å². The number of Topliss-reactive ketones (excluding diaryl/α,β-unsaturated/α-hetero) is 1. The smallest absolute Gasteiger partial charge is 0.167 e. The lowest BCUT2D eigenvalue weighted by Gasteiger charge is -2.61. The van der Waals surface area contributed by atoms with Crippen LogP contribution in [0, 0.1) is 34.5 Å². The number of nitrogens with zero attached hydrogens (tertiary/aromatic N) is 2. The van der Waals surface area contributed by atoms with Crippen molar-refractivity contribution in [3.8, 4) is 0 Å². The molecule has 0 saturated heterocycles. The van der Waals surface area contributed by atoms with Gasteiger partial charge in [-0.05, 0) is 74.0 Å². The molecule has 5 rings (SSSR count). The van der Waals surface area contributed by atoms with Gasteiger partial charge in [0.05, 0.1) is 5.60 Å². The van der Waals surface area contributed by atoms with E-state index in [0.29, 0.717) is 23.0 Å². The summed E-state index contributed by atoms with van der Waals surface area (Å²) in [4.78, 5) is 16.5. The molecule has 7 atom stereocenters. The van der Waals surface area contributed by atoms with E-state index in [1.165, 1.54) is 19.3 Å². The number of aliphatic hydroxyl groups is 1. The van der Waals surface area contributed by atoms with Crippen LogP contribution in [0.2, 0.25) is 0 Å². The molecule has 160 valence electrons. The number of rotatable bonds is 3. The van der Waals surface area contributed by atoms with Crippen molar-refractivity contribution in [2.45, 2.75) is 82.4 Å². The summed E-state index contributed by atoms with van der Waals surface area (Å²) in [6.45, 7) is 4.89. The van der Waals surface area contributed by atoms with Gasteiger partial charge in [-0.15, -0.1) is 0 Å². The molecule has 5 heteroatoms. The number of hydrogen-bond acceptors (Lipinski definition) is 4. The van der Waals surface area contributed by atoms with Gasteiger partial charge in [0.15, 0.2) is 5.16 Å². The first-order valence-corrected chi connectivity index (χ1v) is 12.6. The summed E-state index contributed by atoms with van der Waals surface area (Å²) in [6, 6.07) is 0. The molecular formula is C24H36N2O2S. The fraction of sp³-hybridized carbons (Fsp3) is 0.833. The van der Waals surface area contributed by atoms with Gasteiger partial charge in [0.2, 0.25) is 0 Å². The Hall–Kier alpha value is -0.810. The minimum Gasteiger partial charge on any atom is -0.388 e. The molecule has 0 radical (unpaired) electrons. The van der Waals surface area contributed by atoms with E-state index < -0.39 is 5.60 Å². The molecule has 1 heterocycles. The summed E-state index contributed by atoms with van der Waals surface area (Å²) < 4.78 is 2.05. The van der Waals surface area contributed by atoms with Gasteiger partial charge in [-0.25, -0.2) is 4.98 Å². The molecule has 29 heavy (non-hydrogen) atoms. The van der Waals surface area contributed by atoms with Crippen molar-refractivity contribution in [2.75, 3.05) is 5.75 Å². The normalized spacial score (nSPS) is 46.8. The monoisotopic (exact) mass is 416 g/mol. The molecule has 1 aromatic rings. The lowest BCUT2D eigenvalue weighted by atomic mass is 9.44. The van der Waals surface area contributed by atoms with Crippen molar-refractivity contribution in [1.82, 2.24) is 9.55 Å². The zero-order valence-corrected chi connectivity index (χ0v) is 19.0. The zero-order valence-electron chi connectivity index (χ0n) is 18.2.